The van der Waals surface area contributed by atoms with Crippen LogP contribution in [-0.4, -0.2) is 86.3 Å². The van der Waals surface area contributed by atoms with Crippen LogP contribution in [0.25, 0.3) is 0 Å². The monoisotopic (exact) mass is 1030 g/mol. The SMILES string of the molecule is NCCCC[C@@](N)(C(=O)Cc1cccnc1)C(=O)Nc1ccc(C(c2ccc(NC(=O)[C@@](N)(CCCCN)C(=O)Cc3cccnc3)cc2)c2ccc(NC(=O)[C@@](N)(CCCCN)C(=O)Cc3cccnc3)cc2)cc1. The maximum Gasteiger partial charge on any atom is 0.252 e. The lowest BCUT2D eigenvalue weighted by molar-refractivity contribution is -0.134. The quantitative estimate of drug-likeness (QED) is 0.0167. The summed E-state index contributed by atoms with van der Waals surface area (Å²) in [5, 5.41) is 8.62. The molecular weight excluding hydrogens is 961 g/mol. The summed E-state index contributed by atoms with van der Waals surface area (Å²) in [5.41, 5.74) is 37.2. The summed E-state index contributed by atoms with van der Waals surface area (Å²) in [6, 6.07) is 31.7. The molecule has 76 heavy (non-hydrogen) atoms. The van der Waals surface area contributed by atoms with Gasteiger partial charge in [-0.05, 0) is 165 Å². The minimum Gasteiger partial charge on any atom is -0.330 e. The Morgan fingerprint density at radius 3 is 0.882 bits per heavy atom. The van der Waals surface area contributed by atoms with Crippen LogP contribution in [0.3, 0.4) is 0 Å². The molecule has 6 aromatic rings. The lowest BCUT2D eigenvalue weighted by Gasteiger charge is -2.28. The van der Waals surface area contributed by atoms with Crippen LogP contribution in [0.4, 0.5) is 17.1 Å². The van der Waals surface area contributed by atoms with Gasteiger partial charge in [0, 0.05) is 79.4 Å². The number of carbonyl (C=O) groups excluding carboxylic acids is 6. The van der Waals surface area contributed by atoms with Crippen molar-refractivity contribution in [1.29, 1.82) is 0 Å². The fraction of sp³-hybridized carbons (Fsp3) is 0.328. The molecule has 15 N–H and O–H groups in total. The largest absolute Gasteiger partial charge is 0.330 e. The standard InChI is InChI=1S/C58H70N12O6/c59-28-4-1-25-56(62,49(71)34-40-10-7-31-65-37-40)53(74)68-46-19-13-43(14-20-46)52(44-15-21-47(22-16-44)69-54(75)57(63,26-2-5-29-60)50(72)35-41-11-8-32-66-38-41)45-17-23-48(24-18-45)70-55(76)58(64,27-3-6-30-61)51(73)36-42-12-9-33-67-39-42/h7-24,31-33,37-39,52H,1-6,25-30,34-36,59-64H2,(H,68,74)(H,69,75)(H,70,76)/t56-,57-,58-/m1/s1. The summed E-state index contributed by atoms with van der Waals surface area (Å²) in [7, 11) is 0. The van der Waals surface area contributed by atoms with Crippen molar-refractivity contribution in [3.63, 3.8) is 0 Å². The molecule has 0 aliphatic carbocycles. The number of aromatic nitrogens is 3. The molecule has 3 aromatic carbocycles. The first kappa shape index (κ1) is 57.6. The number of ketones is 3. The lowest BCUT2D eigenvalue weighted by Crippen LogP contribution is -2.58. The number of carbonyl (C=O) groups is 6. The van der Waals surface area contributed by atoms with Crippen LogP contribution in [0.5, 0.6) is 0 Å². The molecule has 0 fully saturated rings. The molecule has 3 amide bonds. The van der Waals surface area contributed by atoms with E-state index in [0.29, 0.717) is 91.9 Å². The van der Waals surface area contributed by atoms with E-state index in [-0.39, 0.29) is 38.5 Å². The summed E-state index contributed by atoms with van der Waals surface area (Å²) in [6.07, 6.45) is 12.6. The van der Waals surface area contributed by atoms with Gasteiger partial charge in [-0.15, -0.1) is 0 Å². The molecule has 3 heterocycles. The zero-order chi connectivity index (χ0) is 54.6. The third kappa shape index (κ3) is 15.2. The number of nitrogens with one attached hydrogen (secondary N) is 3. The number of benzene rings is 3. The van der Waals surface area contributed by atoms with Gasteiger partial charge in [0.1, 0.15) is 0 Å². The second-order valence-corrected chi connectivity index (χ2v) is 19.2. The van der Waals surface area contributed by atoms with Crippen LogP contribution >= 0.6 is 0 Å². The van der Waals surface area contributed by atoms with Crippen LogP contribution < -0.4 is 50.4 Å². The molecule has 3 aromatic heterocycles. The predicted molar refractivity (Wildman–Crippen MR) is 294 cm³/mol. The maximum absolute atomic E-state index is 14.0. The van der Waals surface area contributed by atoms with Gasteiger partial charge in [-0.3, -0.25) is 43.7 Å². The highest BCUT2D eigenvalue weighted by Gasteiger charge is 2.43. The van der Waals surface area contributed by atoms with Crippen molar-refractivity contribution < 1.29 is 28.8 Å². The van der Waals surface area contributed by atoms with Gasteiger partial charge < -0.3 is 50.4 Å². The van der Waals surface area contributed by atoms with Crippen molar-refractivity contribution in [2.24, 2.45) is 34.4 Å². The average Bonchev–Trinajstić information content (AvgIpc) is 3.43. The van der Waals surface area contributed by atoms with Gasteiger partial charge in [0.2, 0.25) is 0 Å². The summed E-state index contributed by atoms with van der Waals surface area (Å²) < 4.78 is 0. The molecule has 0 saturated heterocycles. The van der Waals surface area contributed by atoms with Crippen LogP contribution in [-0.2, 0) is 48.0 Å². The van der Waals surface area contributed by atoms with Crippen LogP contribution in [0.1, 0.15) is 97.1 Å². The smallest absolute Gasteiger partial charge is 0.252 e. The van der Waals surface area contributed by atoms with Crippen molar-refractivity contribution in [2.45, 2.75) is 99.6 Å². The van der Waals surface area contributed by atoms with Crippen LogP contribution in [0.15, 0.2) is 146 Å². The van der Waals surface area contributed by atoms with E-state index in [1.807, 2.05) is 36.4 Å². The van der Waals surface area contributed by atoms with Gasteiger partial charge in [0.25, 0.3) is 17.7 Å². The van der Waals surface area contributed by atoms with E-state index < -0.39 is 57.6 Å². The number of hydrogen-bond donors (Lipinski definition) is 9. The lowest BCUT2D eigenvalue weighted by atomic mass is 9.84. The molecule has 18 heteroatoms. The van der Waals surface area contributed by atoms with Gasteiger partial charge >= 0.3 is 0 Å². The number of hydrogen-bond acceptors (Lipinski definition) is 15. The minimum absolute atomic E-state index is 0.0790. The Labute approximate surface area is 443 Å². The molecule has 0 saturated carbocycles. The summed E-state index contributed by atoms with van der Waals surface area (Å²) in [6.45, 7) is 1.13. The predicted octanol–water partition coefficient (Wildman–Crippen LogP) is 4.78. The summed E-state index contributed by atoms with van der Waals surface area (Å²) in [5.74, 6) is -3.79. The Hall–Kier alpha value is -7.71. The van der Waals surface area contributed by atoms with Crippen molar-refractivity contribution in [2.75, 3.05) is 35.6 Å². The average molecular weight is 1030 g/mol. The second kappa shape index (κ2) is 27.7. The number of anilines is 3. The van der Waals surface area contributed by atoms with Crippen molar-refractivity contribution in [3.8, 4) is 0 Å². The van der Waals surface area contributed by atoms with Crippen molar-refractivity contribution in [3.05, 3.63) is 180 Å². The molecular formula is C58H70N12O6. The molecule has 0 aliphatic heterocycles. The summed E-state index contributed by atoms with van der Waals surface area (Å²) in [4.78, 5) is 95.5. The molecule has 6 rings (SSSR count). The first-order valence-electron chi connectivity index (χ1n) is 25.6. The zero-order valence-electron chi connectivity index (χ0n) is 42.8. The highest BCUT2D eigenvalue weighted by Crippen LogP contribution is 2.35. The molecule has 18 nitrogen and oxygen atoms in total. The highest BCUT2D eigenvalue weighted by atomic mass is 16.2. The summed E-state index contributed by atoms with van der Waals surface area (Å²) >= 11 is 0. The van der Waals surface area contributed by atoms with E-state index in [0.717, 1.165) is 16.7 Å². The topological polar surface area (TPSA) is 333 Å². The second-order valence-electron chi connectivity index (χ2n) is 19.2. The third-order valence-electron chi connectivity index (χ3n) is 13.6. The van der Waals surface area contributed by atoms with E-state index >= 15 is 0 Å². The van der Waals surface area contributed by atoms with Crippen LogP contribution in [0, 0.1) is 0 Å². The van der Waals surface area contributed by atoms with E-state index in [9.17, 15) is 28.8 Å². The number of nitrogens with zero attached hydrogens (tertiary/aromatic N) is 3. The Morgan fingerprint density at radius 2 is 0.658 bits per heavy atom. The van der Waals surface area contributed by atoms with Crippen LogP contribution in [0.2, 0.25) is 0 Å². The van der Waals surface area contributed by atoms with E-state index in [4.69, 9.17) is 34.4 Å². The minimum atomic E-state index is -1.85. The molecule has 3 atom stereocenters. The number of pyridine rings is 3. The van der Waals surface area contributed by atoms with Crippen molar-refractivity contribution >= 4 is 52.1 Å². The molecule has 0 bridgehead atoms. The molecule has 0 radical (unpaired) electrons. The molecule has 398 valence electrons. The Morgan fingerprint density at radius 1 is 0.395 bits per heavy atom. The first-order chi connectivity index (χ1) is 36.6. The first-order valence-corrected chi connectivity index (χ1v) is 25.6. The molecule has 0 aliphatic rings. The fourth-order valence-electron chi connectivity index (χ4n) is 8.90. The molecule has 0 spiro atoms. The van der Waals surface area contributed by atoms with Gasteiger partial charge in [-0.1, -0.05) is 54.6 Å². The zero-order valence-corrected chi connectivity index (χ0v) is 42.8. The van der Waals surface area contributed by atoms with Gasteiger partial charge in [-0.25, -0.2) is 0 Å². The van der Waals surface area contributed by atoms with Gasteiger partial charge in [0.05, 0.1) is 0 Å². The maximum atomic E-state index is 14.0. The Balaban J connectivity index is 1.29. The number of amides is 3. The van der Waals surface area contributed by atoms with Gasteiger partial charge in [0.15, 0.2) is 34.0 Å². The Kier molecular flexibility index (Phi) is 21.0. The number of rotatable bonds is 30. The normalized spacial score (nSPS) is 13.6. The Bertz CT molecular complexity index is 2550. The number of unbranched alkanes of at least 4 members (excludes halogenated alkanes) is 3. The third-order valence-corrected chi connectivity index (χ3v) is 13.6. The van der Waals surface area contributed by atoms with E-state index in [1.165, 1.54) is 0 Å². The van der Waals surface area contributed by atoms with Gasteiger partial charge in [-0.2, -0.15) is 0 Å². The van der Waals surface area contributed by atoms with E-state index in [1.54, 1.807) is 110 Å². The van der Waals surface area contributed by atoms with Crippen molar-refractivity contribution in [1.82, 2.24) is 15.0 Å². The fourth-order valence-corrected chi connectivity index (χ4v) is 8.90. The number of nitrogens with two attached hydrogens (primary N) is 6. The highest BCUT2D eigenvalue weighted by molar-refractivity contribution is 6.17. The van der Waals surface area contributed by atoms with E-state index in [2.05, 4.69) is 30.9 Å². The number of Topliss-reactive ketones (excluding diaryl/α,β-unsaturated/α-hetero) is 3. The molecule has 0 unspecified atom stereocenters.